The molecule has 1 atom stereocenters. The van der Waals surface area contributed by atoms with Crippen molar-refractivity contribution in [1.29, 1.82) is 0 Å². The van der Waals surface area contributed by atoms with Crippen molar-refractivity contribution >= 4 is 12.0 Å². The number of carbonyl (C=O) groups is 2. The third-order valence-corrected chi connectivity index (χ3v) is 1.19. The van der Waals surface area contributed by atoms with Crippen LogP contribution in [0.15, 0.2) is 0 Å². The lowest BCUT2D eigenvalue weighted by Crippen LogP contribution is -2.35. The van der Waals surface area contributed by atoms with E-state index in [1.165, 1.54) is 7.11 Å². The average molecular weight is 160 g/mol. The van der Waals surface area contributed by atoms with Crippen molar-refractivity contribution in [2.24, 2.45) is 11.7 Å². The van der Waals surface area contributed by atoms with Crippen molar-refractivity contribution in [2.45, 2.75) is 6.92 Å². The fourth-order valence-electron chi connectivity index (χ4n) is 0.538. The van der Waals surface area contributed by atoms with Crippen LogP contribution >= 0.6 is 0 Å². The van der Waals surface area contributed by atoms with Crippen LogP contribution in [0.2, 0.25) is 0 Å². The maximum absolute atomic E-state index is 10.7. The van der Waals surface area contributed by atoms with E-state index >= 15 is 0 Å². The quantitative estimate of drug-likeness (QED) is 0.544. The largest absolute Gasteiger partial charge is 0.469 e. The van der Waals surface area contributed by atoms with Crippen molar-refractivity contribution in [3.63, 3.8) is 0 Å². The van der Waals surface area contributed by atoms with Crippen LogP contribution in [0.3, 0.4) is 0 Å². The number of urea groups is 1. The van der Waals surface area contributed by atoms with E-state index < -0.39 is 6.03 Å². The number of ether oxygens (including phenoxy) is 1. The molecule has 0 heterocycles. The molecule has 0 bridgehead atoms. The van der Waals surface area contributed by atoms with Crippen molar-refractivity contribution in [2.75, 3.05) is 13.7 Å². The number of nitrogens with one attached hydrogen (secondary N) is 1. The van der Waals surface area contributed by atoms with Gasteiger partial charge in [-0.1, -0.05) is 6.92 Å². The first-order valence-corrected chi connectivity index (χ1v) is 3.19. The molecule has 0 aromatic heterocycles. The fourth-order valence-corrected chi connectivity index (χ4v) is 0.538. The van der Waals surface area contributed by atoms with Crippen LogP contribution in [0.25, 0.3) is 0 Å². The van der Waals surface area contributed by atoms with Gasteiger partial charge in [0.25, 0.3) is 0 Å². The van der Waals surface area contributed by atoms with Crippen LogP contribution in [0.1, 0.15) is 6.92 Å². The van der Waals surface area contributed by atoms with Crippen LogP contribution in [0.4, 0.5) is 4.79 Å². The molecule has 0 saturated carbocycles. The summed E-state index contributed by atoms with van der Waals surface area (Å²) in [6.45, 7) is 1.85. The predicted molar refractivity (Wildman–Crippen MR) is 38.8 cm³/mol. The van der Waals surface area contributed by atoms with Gasteiger partial charge in [0, 0.05) is 6.54 Å². The van der Waals surface area contributed by atoms with E-state index in [9.17, 15) is 9.59 Å². The first kappa shape index (κ1) is 9.74. The molecule has 2 amide bonds. The Kier molecular flexibility index (Phi) is 4.02. The van der Waals surface area contributed by atoms with Gasteiger partial charge < -0.3 is 15.8 Å². The molecule has 5 nitrogen and oxygen atoms in total. The van der Waals surface area contributed by atoms with Gasteiger partial charge in [-0.05, 0) is 0 Å². The Hall–Kier alpha value is -1.26. The lowest BCUT2D eigenvalue weighted by Gasteiger charge is -2.07. The second-order valence-electron chi connectivity index (χ2n) is 2.17. The lowest BCUT2D eigenvalue weighted by atomic mass is 10.2. The maximum atomic E-state index is 10.7. The maximum Gasteiger partial charge on any atom is 0.312 e. The number of hydrogen-bond donors (Lipinski definition) is 2. The molecule has 0 rings (SSSR count). The number of hydrogen-bond acceptors (Lipinski definition) is 3. The summed E-state index contributed by atoms with van der Waals surface area (Å²) < 4.78 is 4.41. The van der Waals surface area contributed by atoms with Gasteiger partial charge in [0.1, 0.15) is 0 Å². The van der Waals surface area contributed by atoms with Gasteiger partial charge in [-0.2, -0.15) is 0 Å². The van der Waals surface area contributed by atoms with Crippen molar-refractivity contribution in [3.05, 3.63) is 0 Å². The van der Waals surface area contributed by atoms with Crippen LogP contribution < -0.4 is 11.1 Å². The van der Waals surface area contributed by atoms with Crippen LogP contribution in [-0.4, -0.2) is 25.7 Å². The molecule has 64 valence electrons. The Morgan fingerprint density at radius 2 is 2.18 bits per heavy atom. The summed E-state index contributed by atoms with van der Waals surface area (Å²) in [4.78, 5) is 20.9. The Bertz CT molecular complexity index is 158. The number of esters is 1. The van der Waals surface area contributed by atoms with Gasteiger partial charge in [-0.3, -0.25) is 4.79 Å². The number of nitrogens with two attached hydrogens (primary N) is 1. The van der Waals surface area contributed by atoms with Crippen molar-refractivity contribution in [3.8, 4) is 0 Å². The Morgan fingerprint density at radius 3 is 2.55 bits per heavy atom. The van der Waals surface area contributed by atoms with E-state index in [0.29, 0.717) is 0 Å². The normalized spacial score (nSPS) is 11.8. The smallest absolute Gasteiger partial charge is 0.312 e. The van der Waals surface area contributed by atoms with Gasteiger partial charge in [-0.15, -0.1) is 0 Å². The Morgan fingerprint density at radius 1 is 1.64 bits per heavy atom. The predicted octanol–water partition coefficient (Wildman–Crippen LogP) is -0.536. The third kappa shape index (κ3) is 4.19. The highest BCUT2D eigenvalue weighted by Crippen LogP contribution is 1.94. The minimum absolute atomic E-state index is 0.210. The molecule has 0 aromatic carbocycles. The highest BCUT2D eigenvalue weighted by molar-refractivity contribution is 5.75. The molecular weight excluding hydrogens is 148 g/mol. The first-order chi connectivity index (χ1) is 5.07. The number of rotatable bonds is 3. The van der Waals surface area contributed by atoms with E-state index in [4.69, 9.17) is 5.73 Å². The summed E-state index contributed by atoms with van der Waals surface area (Å²) in [7, 11) is 1.29. The minimum atomic E-state index is -0.638. The topological polar surface area (TPSA) is 81.4 Å². The molecule has 0 spiro atoms. The average Bonchev–Trinajstić information content (AvgIpc) is 1.98. The molecule has 0 saturated heterocycles. The van der Waals surface area contributed by atoms with Crippen LogP contribution in [0.5, 0.6) is 0 Å². The van der Waals surface area contributed by atoms with Crippen LogP contribution in [0, 0.1) is 5.92 Å². The summed E-state index contributed by atoms with van der Waals surface area (Å²) in [6.07, 6.45) is 0. The summed E-state index contributed by atoms with van der Waals surface area (Å²) >= 11 is 0. The van der Waals surface area contributed by atoms with Gasteiger partial charge in [-0.25, -0.2) is 4.79 Å². The molecule has 0 radical (unpaired) electrons. The van der Waals surface area contributed by atoms with Crippen LogP contribution in [-0.2, 0) is 9.53 Å². The molecule has 3 N–H and O–H groups in total. The third-order valence-electron chi connectivity index (χ3n) is 1.19. The van der Waals surface area contributed by atoms with E-state index in [2.05, 4.69) is 10.1 Å². The van der Waals surface area contributed by atoms with Crippen molar-refractivity contribution in [1.82, 2.24) is 5.32 Å². The zero-order valence-corrected chi connectivity index (χ0v) is 6.59. The van der Waals surface area contributed by atoms with E-state index in [1.807, 2.05) is 0 Å². The van der Waals surface area contributed by atoms with Gasteiger partial charge in [0.15, 0.2) is 0 Å². The number of carbonyl (C=O) groups excluding carboxylic acids is 2. The highest BCUT2D eigenvalue weighted by atomic mass is 16.5. The molecule has 0 fully saturated rings. The molecule has 0 aliphatic heterocycles. The van der Waals surface area contributed by atoms with E-state index in [0.717, 1.165) is 0 Å². The summed E-state index contributed by atoms with van der Waals surface area (Å²) in [6, 6.07) is -0.638. The van der Waals surface area contributed by atoms with Crippen molar-refractivity contribution < 1.29 is 14.3 Å². The van der Waals surface area contributed by atoms with Gasteiger partial charge in [0.2, 0.25) is 0 Å². The molecule has 0 aliphatic rings. The molecule has 11 heavy (non-hydrogen) atoms. The standard InChI is InChI=1S/C6H12N2O3/c1-4(5(9)11-2)3-8-6(7)10/h4H,3H2,1-2H3,(H3,7,8,10)/t4-/m1/s1. The summed E-state index contributed by atoms with van der Waals surface area (Å²) in [5.74, 6) is -0.716. The Labute approximate surface area is 64.9 Å². The monoisotopic (exact) mass is 160 g/mol. The van der Waals surface area contributed by atoms with E-state index in [1.54, 1.807) is 6.92 Å². The number of methoxy groups -OCH3 is 1. The minimum Gasteiger partial charge on any atom is -0.469 e. The first-order valence-electron chi connectivity index (χ1n) is 3.19. The second kappa shape index (κ2) is 4.54. The van der Waals surface area contributed by atoms with Gasteiger partial charge in [0.05, 0.1) is 13.0 Å². The summed E-state index contributed by atoms with van der Waals surface area (Å²) in [5, 5.41) is 2.30. The molecule has 0 aliphatic carbocycles. The van der Waals surface area contributed by atoms with E-state index in [-0.39, 0.29) is 18.4 Å². The molecule has 5 heteroatoms. The number of amides is 2. The zero-order chi connectivity index (χ0) is 8.85. The fraction of sp³-hybridized carbons (Fsp3) is 0.667. The lowest BCUT2D eigenvalue weighted by molar-refractivity contribution is -0.144. The zero-order valence-electron chi connectivity index (χ0n) is 6.59. The molecular formula is C6H12N2O3. The molecule has 0 aromatic rings. The SMILES string of the molecule is COC(=O)[C@H](C)CNC(N)=O. The summed E-state index contributed by atoms with van der Waals surface area (Å²) in [5.41, 5.74) is 4.78. The molecule has 0 unspecified atom stereocenters. The number of primary amides is 1. The van der Waals surface area contributed by atoms with Gasteiger partial charge >= 0.3 is 12.0 Å². The second-order valence-corrected chi connectivity index (χ2v) is 2.17. The highest BCUT2D eigenvalue weighted by Gasteiger charge is 2.12. The Balaban J connectivity index is 3.60.